The quantitative estimate of drug-likeness (QED) is 0.374. The Bertz CT molecular complexity index is 983. The van der Waals surface area contributed by atoms with Crippen LogP contribution in [0.25, 0.3) is 16.7 Å². The van der Waals surface area contributed by atoms with E-state index in [9.17, 15) is 0 Å². The molecule has 3 aromatic carbocycles. The topological polar surface area (TPSA) is 12.0 Å². The molecule has 0 bridgehead atoms. The third kappa shape index (κ3) is 8.89. The van der Waals surface area contributed by atoms with E-state index in [1.165, 1.54) is 11.1 Å². The predicted octanol–water partition coefficient (Wildman–Crippen LogP) is 9.63. The van der Waals surface area contributed by atoms with E-state index >= 15 is 0 Å². The SMILES string of the molecule is C=C/C(=C\C=C/C)c1ccc(Nc2ccc(-c3ccccc3)cc2)cc1.C=CC=C.CC. The van der Waals surface area contributed by atoms with Crippen LogP contribution in [-0.2, 0) is 0 Å². The first-order chi connectivity index (χ1) is 15.7. The van der Waals surface area contributed by atoms with Crippen molar-refractivity contribution in [1.29, 1.82) is 0 Å². The first-order valence-electron chi connectivity index (χ1n) is 10.9. The highest BCUT2D eigenvalue weighted by atomic mass is 14.9. The van der Waals surface area contributed by atoms with Gasteiger partial charge in [-0.25, -0.2) is 0 Å². The first-order valence-corrected chi connectivity index (χ1v) is 10.9. The van der Waals surface area contributed by atoms with Crippen molar-refractivity contribution in [2.24, 2.45) is 0 Å². The third-order valence-corrected chi connectivity index (χ3v) is 4.35. The van der Waals surface area contributed by atoms with Crippen molar-refractivity contribution in [3.8, 4) is 11.1 Å². The van der Waals surface area contributed by atoms with E-state index in [1.54, 1.807) is 12.2 Å². The van der Waals surface area contributed by atoms with Gasteiger partial charge in [-0.1, -0.05) is 125 Å². The van der Waals surface area contributed by atoms with E-state index in [0.717, 1.165) is 22.5 Å². The number of allylic oxidation sites excluding steroid dienone is 7. The molecule has 0 unspecified atom stereocenters. The summed E-state index contributed by atoms with van der Waals surface area (Å²) in [5.41, 5.74) is 6.86. The summed E-state index contributed by atoms with van der Waals surface area (Å²) in [5.74, 6) is 0. The highest BCUT2D eigenvalue weighted by Gasteiger charge is 2.00. The zero-order valence-electron chi connectivity index (χ0n) is 19.6. The van der Waals surface area contributed by atoms with Crippen molar-refractivity contribution in [3.63, 3.8) is 0 Å². The summed E-state index contributed by atoms with van der Waals surface area (Å²) < 4.78 is 0. The summed E-state index contributed by atoms with van der Waals surface area (Å²) in [4.78, 5) is 0. The molecule has 0 amide bonds. The molecule has 0 saturated carbocycles. The predicted molar refractivity (Wildman–Crippen MR) is 146 cm³/mol. The largest absolute Gasteiger partial charge is 0.356 e. The Balaban J connectivity index is 0.000000769. The molecule has 32 heavy (non-hydrogen) atoms. The molecular weight excluding hydrogens is 386 g/mol. The van der Waals surface area contributed by atoms with E-state index < -0.39 is 0 Å². The Labute approximate surface area is 194 Å². The van der Waals surface area contributed by atoms with Gasteiger partial charge < -0.3 is 5.32 Å². The Morgan fingerprint density at radius 3 is 1.66 bits per heavy atom. The molecule has 1 heteroatoms. The molecule has 0 aliphatic rings. The monoisotopic (exact) mass is 421 g/mol. The van der Waals surface area contributed by atoms with Gasteiger partial charge in [0.15, 0.2) is 0 Å². The van der Waals surface area contributed by atoms with Crippen molar-refractivity contribution in [1.82, 2.24) is 0 Å². The number of nitrogens with one attached hydrogen (secondary N) is 1. The molecule has 0 heterocycles. The Hall–Kier alpha value is -3.84. The minimum Gasteiger partial charge on any atom is -0.356 e. The fraction of sp³-hybridized carbons (Fsp3) is 0.0968. The summed E-state index contributed by atoms with van der Waals surface area (Å²) in [5, 5.41) is 3.45. The first kappa shape index (κ1) is 26.2. The average molecular weight is 422 g/mol. The summed E-state index contributed by atoms with van der Waals surface area (Å²) in [6.45, 7) is 16.6. The van der Waals surface area contributed by atoms with Crippen LogP contribution in [0.15, 0.2) is 135 Å². The molecule has 1 nitrogen and oxygen atoms in total. The Morgan fingerprint density at radius 2 is 1.19 bits per heavy atom. The zero-order valence-corrected chi connectivity index (χ0v) is 19.6. The van der Waals surface area contributed by atoms with Crippen molar-refractivity contribution in [3.05, 3.63) is 141 Å². The molecule has 0 saturated heterocycles. The number of hydrogen-bond acceptors (Lipinski definition) is 1. The van der Waals surface area contributed by atoms with E-state index in [1.807, 2.05) is 45.1 Å². The van der Waals surface area contributed by atoms with Gasteiger partial charge in [-0.15, -0.1) is 0 Å². The standard InChI is InChI=1S/C25H23N.C4H6.C2H6/c1-3-5-9-20(4-2)22-12-16-24(17-13-22)26-25-18-14-23(15-19-25)21-10-7-6-8-11-21;1-3-4-2;1-2/h3-19,26H,2H2,1H3;3-4H,1-2H2;1-2H3/b5-3-,20-9+;;. The molecule has 0 aliphatic heterocycles. The molecule has 0 radical (unpaired) electrons. The lowest BCUT2D eigenvalue weighted by molar-refractivity contribution is 1.50. The highest BCUT2D eigenvalue weighted by Crippen LogP contribution is 2.24. The smallest absolute Gasteiger partial charge is 0.0384 e. The lowest BCUT2D eigenvalue weighted by atomic mass is 10.0. The average Bonchev–Trinajstić information content (AvgIpc) is 2.88. The molecular formula is C31H35N. The van der Waals surface area contributed by atoms with Gasteiger partial charge in [0.05, 0.1) is 0 Å². The van der Waals surface area contributed by atoms with Gasteiger partial charge in [0.2, 0.25) is 0 Å². The maximum atomic E-state index is 3.90. The second-order valence-electron chi connectivity index (χ2n) is 6.47. The van der Waals surface area contributed by atoms with Gasteiger partial charge in [0.1, 0.15) is 0 Å². The summed E-state index contributed by atoms with van der Waals surface area (Å²) >= 11 is 0. The summed E-state index contributed by atoms with van der Waals surface area (Å²) in [6, 6.07) is 27.3. The van der Waals surface area contributed by atoms with Crippen LogP contribution in [0.1, 0.15) is 26.3 Å². The molecule has 0 spiro atoms. The second kappa shape index (κ2) is 15.9. The fourth-order valence-corrected chi connectivity index (χ4v) is 2.77. The minimum atomic E-state index is 1.07. The molecule has 0 aromatic heterocycles. The van der Waals surface area contributed by atoms with Gasteiger partial charge >= 0.3 is 0 Å². The maximum Gasteiger partial charge on any atom is 0.0384 e. The van der Waals surface area contributed by atoms with Crippen LogP contribution in [0.4, 0.5) is 11.4 Å². The highest BCUT2D eigenvalue weighted by molar-refractivity contribution is 5.76. The van der Waals surface area contributed by atoms with Gasteiger partial charge in [-0.05, 0) is 53.5 Å². The maximum absolute atomic E-state index is 3.90. The number of rotatable bonds is 7. The molecule has 0 fully saturated rings. The molecule has 1 N–H and O–H groups in total. The summed E-state index contributed by atoms with van der Waals surface area (Å²) in [7, 11) is 0. The van der Waals surface area contributed by atoms with E-state index in [4.69, 9.17) is 0 Å². The number of anilines is 2. The van der Waals surface area contributed by atoms with Crippen LogP contribution in [0.5, 0.6) is 0 Å². The Morgan fingerprint density at radius 1 is 0.688 bits per heavy atom. The van der Waals surface area contributed by atoms with Crippen LogP contribution in [-0.4, -0.2) is 0 Å². The molecule has 164 valence electrons. The van der Waals surface area contributed by atoms with E-state index in [2.05, 4.69) is 104 Å². The van der Waals surface area contributed by atoms with E-state index in [0.29, 0.717) is 0 Å². The second-order valence-corrected chi connectivity index (χ2v) is 6.47. The normalized spacial score (nSPS) is 10.2. The van der Waals surface area contributed by atoms with Crippen molar-refractivity contribution < 1.29 is 0 Å². The van der Waals surface area contributed by atoms with Crippen molar-refractivity contribution >= 4 is 16.9 Å². The van der Waals surface area contributed by atoms with Gasteiger partial charge in [0.25, 0.3) is 0 Å². The van der Waals surface area contributed by atoms with E-state index in [-0.39, 0.29) is 0 Å². The zero-order chi connectivity index (χ0) is 23.6. The van der Waals surface area contributed by atoms with Crippen LogP contribution in [0.3, 0.4) is 0 Å². The van der Waals surface area contributed by atoms with Crippen LogP contribution in [0.2, 0.25) is 0 Å². The molecule has 3 rings (SSSR count). The number of hydrogen-bond donors (Lipinski definition) is 1. The lowest BCUT2D eigenvalue weighted by Crippen LogP contribution is -1.91. The third-order valence-electron chi connectivity index (χ3n) is 4.35. The van der Waals surface area contributed by atoms with Crippen molar-refractivity contribution in [2.45, 2.75) is 20.8 Å². The fourth-order valence-electron chi connectivity index (χ4n) is 2.77. The lowest BCUT2D eigenvalue weighted by Gasteiger charge is -2.09. The van der Waals surface area contributed by atoms with Crippen LogP contribution in [0, 0.1) is 0 Å². The van der Waals surface area contributed by atoms with Crippen molar-refractivity contribution in [2.75, 3.05) is 5.32 Å². The van der Waals surface area contributed by atoms with Gasteiger partial charge in [-0.3, -0.25) is 0 Å². The Kier molecular flexibility index (Phi) is 13.0. The van der Waals surface area contributed by atoms with Crippen LogP contribution < -0.4 is 5.32 Å². The molecule has 0 aliphatic carbocycles. The summed E-state index contributed by atoms with van der Waals surface area (Å²) in [6.07, 6.45) is 11.3. The van der Waals surface area contributed by atoms with Gasteiger partial charge in [0, 0.05) is 11.4 Å². The molecule has 0 atom stereocenters. The van der Waals surface area contributed by atoms with Crippen LogP contribution >= 0.6 is 0 Å². The minimum absolute atomic E-state index is 1.07. The molecule has 3 aromatic rings. The number of benzene rings is 3. The van der Waals surface area contributed by atoms with Gasteiger partial charge in [-0.2, -0.15) is 0 Å².